The van der Waals surface area contributed by atoms with Crippen LogP contribution in [0.25, 0.3) is 0 Å². The number of benzene rings is 1. The Labute approximate surface area is 109 Å². The van der Waals surface area contributed by atoms with Gasteiger partial charge in [0, 0.05) is 30.2 Å². The molecule has 94 valence electrons. The molecule has 0 bridgehead atoms. The third-order valence-electron chi connectivity index (χ3n) is 3.39. The molecule has 1 heterocycles. The molecule has 0 radical (unpaired) electrons. The molecule has 0 fully saturated rings. The molecular weight excluding hydrogens is 222 g/mol. The van der Waals surface area contributed by atoms with Crippen molar-refractivity contribution in [2.45, 2.75) is 34.3 Å². The molecule has 18 heavy (non-hydrogen) atoms. The molecule has 1 aromatic heterocycles. The van der Waals surface area contributed by atoms with Crippen molar-refractivity contribution in [1.82, 2.24) is 0 Å². The number of nitrogens with zero attached hydrogens (tertiary/aromatic N) is 1. The van der Waals surface area contributed by atoms with Gasteiger partial charge in [0.15, 0.2) is 6.61 Å². The van der Waals surface area contributed by atoms with Gasteiger partial charge in [-0.1, -0.05) is 30.3 Å². The topological polar surface area (TPSA) is 13.1 Å². The van der Waals surface area contributed by atoms with Crippen LogP contribution >= 0.6 is 0 Å². The summed E-state index contributed by atoms with van der Waals surface area (Å²) in [4.78, 5) is 5.91. The van der Waals surface area contributed by atoms with Gasteiger partial charge >= 0.3 is 0 Å². The second-order valence-electron chi connectivity index (χ2n) is 4.73. The fourth-order valence-electron chi connectivity index (χ4n) is 2.09. The summed E-state index contributed by atoms with van der Waals surface area (Å²) in [5, 5.41) is 0. The van der Waals surface area contributed by atoms with Crippen molar-refractivity contribution >= 4 is 0 Å². The van der Waals surface area contributed by atoms with E-state index < -0.39 is 0 Å². The predicted molar refractivity (Wildman–Crippen MR) is 72.3 cm³/mol. The van der Waals surface area contributed by atoms with Crippen LogP contribution < -0.4 is 9.57 Å². The Morgan fingerprint density at radius 2 is 1.67 bits per heavy atom. The molecule has 0 saturated carbocycles. The van der Waals surface area contributed by atoms with Crippen LogP contribution in [-0.4, -0.2) is 0 Å². The number of rotatable bonds is 3. The van der Waals surface area contributed by atoms with Gasteiger partial charge in [-0.05, 0) is 25.0 Å². The van der Waals surface area contributed by atoms with Crippen molar-refractivity contribution in [3.8, 4) is 0 Å². The van der Waals surface area contributed by atoms with Gasteiger partial charge in [-0.3, -0.25) is 4.84 Å². The summed E-state index contributed by atoms with van der Waals surface area (Å²) in [5.41, 5.74) is 6.08. The molecule has 1 aromatic carbocycles. The second kappa shape index (κ2) is 5.21. The minimum Gasteiger partial charge on any atom is -0.266 e. The number of hydrogen-bond acceptors (Lipinski definition) is 1. The van der Waals surface area contributed by atoms with Gasteiger partial charge in [0.2, 0.25) is 11.4 Å². The molecule has 0 atom stereocenters. The summed E-state index contributed by atoms with van der Waals surface area (Å²) in [5.74, 6) is 0. The van der Waals surface area contributed by atoms with Crippen LogP contribution in [0.4, 0.5) is 0 Å². The molecule has 2 rings (SSSR count). The summed E-state index contributed by atoms with van der Waals surface area (Å²) in [6.45, 7) is 9.03. The molecule has 2 aromatic rings. The van der Waals surface area contributed by atoms with Crippen LogP contribution in [0.1, 0.15) is 28.1 Å². The van der Waals surface area contributed by atoms with Crippen LogP contribution in [0.2, 0.25) is 0 Å². The maximum atomic E-state index is 5.91. The Kier molecular flexibility index (Phi) is 3.66. The van der Waals surface area contributed by atoms with Gasteiger partial charge in [-0.15, -0.1) is 0 Å². The fraction of sp³-hybridized carbons (Fsp3) is 0.312. The first kappa shape index (κ1) is 12.6. The first-order chi connectivity index (χ1) is 8.59. The molecule has 0 saturated heterocycles. The fourth-order valence-corrected chi connectivity index (χ4v) is 2.09. The molecule has 2 nitrogen and oxygen atoms in total. The van der Waals surface area contributed by atoms with Crippen LogP contribution in [-0.2, 0) is 6.61 Å². The lowest BCUT2D eigenvalue weighted by atomic mass is 10.1. The Morgan fingerprint density at radius 1 is 1.00 bits per heavy atom. The minimum atomic E-state index is 0.593. The van der Waals surface area contributed by atoms with Gasteiger partial charge < -0.3 is 0 Å². The van der Waals surface area contributed by atoms with Crippen molar-refractivity contribution < 1.29 is 9.57 Å². The maximum Gasteiger partial charge on any atom is 0.234 e. The van der Waals surface area contributed by atoms with E-state index in [9.17, 15) is 0 Å². The molecule has 2 heteroatoms. The SMILES string of the molecule is Cc1cc(C)[n+](OCc2ccccc2)c(C)c1C. The first-order valence-corrected chi connectivity index (χ1v) is 6.26. The summed E-state index contributed by atoms with van der Waals surface area (Å²) < 4.78 is 1.93. The number of pyridine rings is 1. The van der Waals surface area contributed by atoms with Crippen molar-refractivity contribution in [3.05, 3.63) is 64.5 Å². The summed E-state index contributed by atoms with van der Waals surface area (Å²) in [6, 6.07) is 12.4. The van der Waals surface area contributed by atoms with Crippen LogP contribution in [0.15, 0.2) is 36.4 Å². The number of hydrogen-bond donors (Lipinski definition) is 0. The highest BCUT2D eigenvalue weighted by atomic mass is 16.7. The lowest BCUT2D eigenvalue weighted by molar-refractivity contribution is -0.903. The van der Waals surface area contributed by atoms with Crippen molar-refractivity contribution in [1.29, 1.82) is 0 Å². The van der Waals surface area contributed by atoms with Crippen molar-refractivity contribution in [2.75, 3.05) is 0 Å². The van der Waals surface area contributed by atoms with E-state index in [4.69, 9.17) is 4.84 Å². The van der Waals surface area contributed by atoms with E-state index in [1.165, 1.54) is 22.4 Å². The average Bonchev–Trinajstić information content (AvgIpc) is 2.37. The van der Waals surface area contributed by atoms with Gasteiger partial charge in [0.1, 0.15) is 0 Å². The molecule has 0 unspecified atom stereocenters. The van der Waals surface area contributed by atoms with E-state index in [0.29, 0.717) is 6.61 Å². The lowest BCUT2D eigenvalue weighted by Gasteiger charge is -2.07. The van der Waals surface area contributed by atoms with Crippen LogP contribution in [0.5, 0.6) is 0 Å². The van der Waals surface area contributed by atoms with E-state index in [1.807, 2.05) is 22.9 Å². The van der Waals surface area contributed by atoms with Gasteiger partial charge in [0.25, 0.3) is 0 Å². The monoisotopic (exact) mass is 242 g/mol. The largest absolute Gasteiger partial charge is 0.266 e. The highest BCUT2D eigenvalue weighted by molar-refractivity contribution is 5.25. The third-order valence-corrected chi connectivity index (χ3v) is 3.39. The molecule has 0 aliphatic carbocycles. The van der Waals surface area contributed by atoms with Gasteiger partial charge in [0.05, 0.1) is 0 Å². The van der Waals surface area contributed by atoms with Gasteiger partial charge in [-0.25, -0.2) is 0 Å². The quantitative estimate of drug-likeness (QED) is 0.754. The normalized spacial score (nSPS) is 10.4. The minimum absolute atomic E-state index is 0.593. The Balaban J connectivity index is 2.22. The molecule has 0 aliphatic heterocycles. The maximum absolute atomic E-state index is 5.91. The van der Waals surface area contributed by atoms with E-state index >= 15 is 0 Å². The highest BCUT2D eigenvalue weighted by Crippen LogP contribution is 2.09. The van der Waals surface area contributed by atoms with Crippen LogP contribution in [0, 0.1) is 27.7 Å². The van der Waals surface area contributed by atoms with E-state index in [-0.39, 0.29) is 0 Å². The zero-order valence-electron chi connectivity index (χ0n) is 11.5. The molecular formula is C16H20NO+. The predicted octanol–water partition coefficient (Wildman–Crippen LogP) is 2.84. The second-order valence-corrected chi connectivity index (χ2v) is 4.73. The van der Waals surface area contributed by atoms with Crippen molar-refractivity contribution in [2.24, 2.45) is 0 Å². The third kappa shape index (κ3) is 2.53. The standard InChI is InChI=1S/C16H20NO/c1-12-10-13(2)17(15(4)14(12)3)18-11-16-8-6-5-7-9-16/h5-10H,11H2,1-4H3/q+1. The van der Waals surface area contributed by atoms with Gasteiger partial charge in [-0.2, -0.15) is 0 Å². The van der Waals surface area contributed by atoms with E-state index in [0.717, 1.165) is 5.69 Å². The summed E-state index contributed by atoms with van der Waals surface area (Å²) in [7, 11) is 0. The summed E-state index contributed by atoms with van der Waals surface area (Å²) in [6.07, 6.45) is 0. The zero-order valence-corrected chi connectivity index (χ0v) is 11.5. The molecule has 0 aliphatic rings. The van der Waals surface area contributed by atoms with Crippen molar-refractivity contribution in [3.63, 3.8) is 0 Å². The molecule has 0 amide bonds. The van der Waals surface area contributed by atoms with E-state index in [2.05, 4.69) is 45.9 Å². The van der Waals surface area contributed by atoms with Crippen LogP contribution in [0.3, 0.4) is 0 Å². The zero-order chi connectivity index (χ0) is 13.1. The first-order valence-electron chi connectivity index (χ1n) is 6.26. The smallest absolute Gasteiger partial charge is 0.234 e. The highest BCUT2D eigenvalue weighted by Gasteiger charge is 2.17. The number of aryl methyl sites for hydroxylation is 2. The Bertz CT molecular complexity index is 547. The number of aromatic nitrogens is 1. The van der Waals surface area contributed by atoms with E-state index in [1.54, 1.807) is 0 Å². The molecule has 0 N–H and O–H groups in total. The Morgan fingerprint density at radius 3 is 2.33 bits per heavy atom. The lowest BCUT2D eigenvalue weighted by Crippen LogP contribution is -2.48. The Hall–Kier alpha value is -1.83. The molecule has 0 spiro atoms. The average molecular weight is 242 g/mol. The summed E-state index contributed by atoms with van der Waals surface area (Å²) >= 11 is 0.